The zero-order valence-electron chi connectivity index (χ0n) is 24.6. The summed E-state index contributed by atoms with van der Waals surface area (Å²) in [5.74, 6) is 0. The first-order valence-electron chi connectivity index (χ1n) is 15.7. The Balaban J connectivity index is 1.53. The topological polar surface area (TPSA) is 6.48 Å². The van der Waals surface area contributed by atoms with E-state index in [2.05, 4.69) is 97.9 Å². The molecular formula is C35H43BN2Si. The predicted molar refractivity (Wildman–Crippen MR) is 172 cm³/mol. The smallest absolute Gasteiger partial charge is 0.252 e. The van der Waals surface area contributed by atoms with Crippen molar-refractivity contribution in [1.29, 1.82) is 0 Å². The van der Waals surface area contributed by atoms with Crippen LogP contribution in [0.3, 0.4) is 0 Å². The molecule has 0 saturated heterocycles. The van der Waals surface area contributed by atoms with Crippen molar-refractivity contribution in [2.24, 2.45) is 0 Å². The van der Waals surface area contributed by atoms with Gasteiger partial charge in [0, 0.05) is 34.2 Å². The van der Waals surface area contributed by atoms with Gasteiger partial charge in [0.25, 0.3) is 6.71 Å². The van der Waals surface area contributed by atoms with Crippen LogP contribution in [-0.2, 0) is 5.41 Å². The molecule has 3 heterocycles. The standard InChI is InChI=1S/C35H43BN2Si/c1-34-21-13-14-22-35(34,2)38-28-20-12-10-18-26(28)36-25-17-9-11-19-27(25)37(24-15-7-6-8-16-24)29-23-30(39(3,4)5)31(34)33(38)32(29)36/h9-12,17-20,23-24H,6-8,13-16,21-22H2,1-5H3. The van der Waals surface area contributed by atoms with Gasteiger partial charge in [0.15, 0.2) is 0 Å². The molecular weight excluding hydrogens is 487 g/mol. The van der Waals surface area contributed by atoms with Crippen molar-refractivity contribution in [2.45, 2.75) is 108 Å². The van der Waals surface area contributed by atoms with Crippen molar-refractivity contribution in [3.8, 4) is 0 Å². The lowest BCUT2D eigenvalue weighted by Gasteiger charge is -2.52. The number of rotatable bonds is 2. The number of nitrogens with zero attached hydrogens (tertiary/aromatic N) is 2. The average molecular weight is 531 g/mol. The fourth-order valence-electron chi connectivity index (χ4n) is 9.64. The van der Waals surface area contributed by atoms with E-state index in [9.17, 15) is 0 Å². The first-order chi connectivity index (χ1) is 18.8. The lowest BCUT2D eigenvalue weighted by Crippen LogP contribution is -2.65. The predicted octanol–water partition coefficient (Wildman–Crippen LogP) is 6.59. The van der Waals surface area contributed by atoms with Gasteiger partial charge in [-0.3, -0.25) is 0 Å². The molecule has 3 aromatic rings. The Morgan fingerprint density at radius 1 is 0.769 bits per heavy atom. The van der Waals surface area contributed by atoms with Crippen molar-refractivity contribution in [3.05, 3.63) is 60.2 Å². The number of hydrogen-bond acceptors (Lipinski definition) is 2. The summed E-state index contributed by atoms with van der Waals surface area (Å²) < 4.78 is 0. The summed E-state index contributed by atoms with van der Waals surface area (Å²) in [5.41, 5.74) is 12.8. The first-order valence-corrected chi connectivity index (χ1v) is 19.2. The van der Waals surface area contributed by atoms with Crippen LogP contribution in [0.2, 0.25) is 19.6 Å². The van der Waals surface area contributed by atoms with Gasteiger partial charge >= 0.3 is 0 Å². The van der Waals surface area contributed by atoms with Crippen molar-refractivity contribution >= 4 is 59.1 Å². The van der Waals surface area contributed by atoms with Crippen molar-refractivity contribution in [2.75, 3.05) is 9.80 Å². The summed E-state index contributed by atoms with van der Waals surface area (Å²) in [6.07, 6.45) is 12.0. The molecule has 0 aromatic heterocycles. The van der Waals surface area contributed by atoms with E-state index in [4.69, 9.17) is 0 Å². The Morgan fingerprint density at radius 3 is 2.13 bits per heavy atom. The van der Waals surface area contributed by atoms with Gasteiger partial charge in [-0.25, -0.2) is 0 Å². The van der Waals surface area contributed by atoms with Crippen LogP contribution in [-0.4, -0.2) is 26.4 Å². The highest BCUT2D eigenvalue weighted by Crippen LogP contribution is 2.61. The SMILES string of the molecule is CC12CCCCC1(C)N1c3ccccc3B3c4ccccc4N(C4CCCCC4)c4cc([Si](C)(C)C)c2c1c43. The Kier molecular flexibility index (Phi) is 5.03. The molecule has 0 radical (unpaired) electrons. The average Bonchev–Trinajstić information content (AvgIpc) is 3.16. The van der Waals surface area contributed by atoms with E-state index >= 15 is 0 Å². The molecule has 0 amide bonds. The zero-order valence-corrected chi connectivity index (χ0v) is 25.6. The quantitative estimate of drug-likeness (QED) is 0.345. The molecule has 3 aliphatic heterocycles. The lowest BCUT2D eigenvalue weighted by molar-refractivity contribution is 0.196. The highest BCUT2D eigenvalue weighted by Gasteiger charge is 2.62. The molecule has 8 rings (SSSR count). The van der Waals surface area contributed by atoms with E-state index in [1.165, 1.54) is 80.1 Å². The Morgan fingerprint density at radius 2 is 1.41 bits per heavy atom. The Bertz CT molecular complexity index is 1500. The minimum atomic E-state index is -1.65. The summed E-state index contributed by atoms with van der Waals surface area (Å²) in [5, 5.41) is 1.73. The molecule has 2 fully saturated rings. The van der Waals surface area contributed by atoms with Crippen molar-refractivity contribution in [1.82, 2.24) is 0 Å². The van der Waals surface area contributed by atoms with Crippen molar-refractivity contribution in [3.63, 3.8) is 0 Å². The van der Waals surface area contributed by atoms with E-state index in [0.717, 1.165) is 0 Å². The van der Waals surface area contributed by atoms with Gasteiger partial charge in [-0.1, -0.05) is 100 Å². The minimum absolute atomic E-state index is 0.116. The van der Waals surface area contributed by atoms with Crippen LogP contribution in [0.1, 0.15) is 77.2 Å². The minimum Gasteiger partial charge on any atom is -0.339 e. The van der Waals surface area contributed by atoms with Gasteiger partial charge in [-0.15, -0.1) is 0 Å². The highest BCUT2D eigenvalue weighted by molar-refractivity contribution is 7.00. The molecule has 2 unspecified atom stereocenters. The van der Waals surface area contributed by atoms with Crippen LogP contribution < -0.4 is 31.4 Å². The van der Waals surface area contributed by atoms with Gasteiger partial charge in [0.05, 0.1) is 13.6 Å². The molecule has 0 N–H and O–H groups in total. The number of hydrogen-bond donors (Lipinski definition) is 0. The molecule has 2 saturated carbocycles. The number of para-hydroxylation sites is 2. The third-order valence-electron chi connectivity index (χ3n) is 11.7. The third kappa shape index (κ3) is 3.00. The molecule has 3 aromatic carbocycles. The molecule has 2 aliphatic carbocycles. The summed E-state index contributed by atoms with van der Waals surface area (Å²) >= 11 is 0. The molecule has 0 bridgehead atoms. The van der Waals surface area contributed by atoms with Crippen LogP contribution >= 0.6 is 0 Å². The maximum Gasteiger partial charge on any atom is 0.252 e. The zero-order chi connectivity index (χ0) is 26.7. The fraction of sp³-hybridized carbons (Fsp3) is 0.486. The van der Waals surface area contributed by atoms with Crippen LogP contribution in [0.15, 0.2) is 54.6 Å². The van der Waals surface area contributed by atoms with Gasteiger partial charge in [-0.2, -0.15) is 0 Å². The normalized spacial score (nSPS) is 27.2. The van der Waals surface area contributed by atoms with Gasteiger partial charge < -0.3 is 9.80 Å². The van der Waals surface area contributed by atoms with E-state index in [1.54, 1.807) is 27.6 Å². The van der Waals surface area contributed by atoms with Crippen LogP contribution in [0.25, 0.3) is 0 Å². The second-order valence-corrected chi connectivity index (χ2v) is 19.7. The maximum absolute atomic E-state index is 2.91. The summed E-state index contributed by atoms with van der Waals surface area (Å²) in [7, 11) is -1.65. The van der Waals surface area contributed by atoms with Crippen LogP contribution in [0.4, 0.5) is 22.7 Å². The largest absolute Gasteiger partial charge is 0.339 e. The Hall–Kier alpha value is -2.46. The second-order valence-electron chi connectivity index (χ2n) is 14.7. The van der Waals surface area contributed by atoms with Gasteiger partial charge in [-0.05, 0) is 72.8 Å². The summed E-state index contributed by atoms with van der Waals surface area (Å²) in [4.78, 5) is 5.76. The highest BCUT2D eigenvalue weighted by atomic mass is 28.3. The molecule has 0 spiro atoms. The van der Waals surface area contributed by atoms with Gasteiger partial charge in [0.2, 0.25) is 0 Å². The number of fused-ring (bicyclic) bond motifs is 8. The summed E-state index contributed by atoms with van der Waals surface area (Å²) in [6.45, 7) is 13.4. The molecule has 2 atom stereocenters. The monoisotopic (exact) mass is 530 g/mol. The lowest BCUT2D eigenvalue weighted by atomic mass is 9.33. The van der Waals surface area contributed by atoms with E-state index < -0.39 is 8.07 Å². The molecule has 200 valence electrons. The van der Waals surface area contributed by atoms with E-state index in [0.29, 0.717) is 12.8 Å². The van der Waals surface area contributed by atoms with Crippen molar-refractivity contribution < 1.29 is 0 Å². The van der Waals surface area contributed by atoms with Gasteiger partial charge in [0.1, 0.15) is 0 Å². The Labute approximate surface area is 236 Å². The molecule has 5 aliphatic rings. The van der Waals surface area contributed by atoms with E-state index in [1.807, 2.05) is 0 Å². The number of benzene rings is 3. The first kappa shape index (κ1) is 24.3. The maximum atomic E-state index is 2.91. The van der Waals surface area contributed by atoms with Crippen LogP contribution in [0, 0.1) is 0 Å². The fourth-order valence-corrected chi connectivity index (χ4v) is 11.4. The second kappa shape index (κ2) is 8.06. The number of anilines is 4. The van der Waals surface area contributed by atoms with E-state index in [-0.39, 0.29) is 11.0 Å². The van der Waals surface area contributed by atoms with Crippen LogP contribution in [0.5, 0.6) is 0 Å². The molecule has 2 nitrogen and oxygen atoms in total. The molecule has 39 heavy (non-hydrogen) atoms. The molecule has 4 heteroatoms. The summed E-state index contributed by atoms with van der Waals surface area (Å²) in [6, 6.07) is 22.3. The third-order valence-corrected chi connectivity index (χ3v) is 13.7.